The van der Waals surface area contributed by atoms with E-state index in [4.69, 9.17) is 10.5 Å². The van der Waals surface area contributed by atoms with E-state index in [9.17, 15) is 4.79 Å². The minimum Gasteiger partial charge on any atom is -0.466 e. The number of carbonyl (C=O) groups excluding carboxylic acids is 1. The molecule has 1 radical (unpaired) electrons. The fraction of sp³-hybridized carbons (Fsp3) is 0.857. The number of esters is 1. The van der Waals surface area contributed by atoms with Crippen molar-refractivity contribution in [1.29, 1.82) is 0 Å². The number of carbonyl (C=O) groups is 1. The SMILES string of the molecule is CCOC(=O)[C@H](C)CCN.[Na]. The maximum Gasteiger partial charge on any atom is 0.308 e. The monoisotopic (exact) mass is 168 g/mol. The molecule has 0 saturated carbocycles. The number of ether oxygens (including phenoxy) is 1. The van der Waals surface area contributed by atoms with Gasteiger partial charge in [0.25, 0.3) is 0 Å². The number of hydrogen-bond donors (Lipinski definition) is 1. The Balaban J connectivity index is 0. The second kappa shape index (κ2) is 8.53. The van der Waals surface area contributed by atoms with Gasteiger partial charge in [-0.25, -0.2) is 0 Å². The Hall–Kier alpha value is 0.430. The van der Waals surface area contributed by atoms with Crippen molar-refractivity contribution in [2.24, 2.45) is 11.7 Å². The van der Waals surface area contributed by atoms with Gasteiger partial charge in [-0.05, 0) is 19.9 Å². The van der Waals surface area contributed by atoms with Crippen molar-refractivity contribution < 1.29 is 9.53 Å². The van der Waals surface area contributed by atoms with Crippen LogP contribution in [0.5, 0.6) is 0 Å². The Bertz CT molecular complexity index is 109. The summed E-state index contributed by atoms with van der Waals surface area (Å²) >= 11 is 0. The van der Waals surface area contributed by atoms with Gasteiger partial charge in [0.2, 0.25) is 0 Å². The fourth-order valence-corrected chi connectivity index (χ4v) is 0.652. The molecule has 0 rings (SSSR count). The van der Waals surface area contributed by atoms with Gasteiger partial charge in [0.05, 0.1) is 12.5 Å². The predicted molar refractivity (Wildman–Crippen MR) is 45.2 cm³/mol. The topological polar surface area (TPSA) is 52.3 Å². The minimum atomic E-state index is -0.145. The zero-order valence-electron chi connectivity index (χ0n) is 7.59. The molecule has 0 aromatic rings. The second-order valence-electron chi connectivity index (χ2n) is 2.23. The van der Waals surface area contributed by atoms with Gasteiger partial charge in [-0.1, -0.05) is 6.92 Å². The van der Waals surface area contributed by atoms with E-state index >= 15 is 0 Å². The van der Waals surface area contributed by atoms with E-state index in [2.05, 4.69) is 0 Å². The molecule has 0 fully saturated rings. The summed E-state index contributed by atoms with van der Waals surface area (Å²) in [5.74, 6) is -0.196. The molecule has 0 aromatic carbocycles. The average molecular weight is 168 g/mol. The average Bonchev–Trinajstić information content (AvgIpc) is 1.89. The predicted octanol–water partition coefficient (Wildman–Crippen LogP) is 0.154. The Kier molecular flexibility index (Phi) is 10.8. The molecule has 0 spiro atoms. The van der Waals surface area contributed by atoms with Crippen molar-refractivity contribution in [1.82, 2.24) is 0 Å². The summed E-state index contributed by atoms with van der Waals surface area (Å²) in [4.78, 5) is 10.9. The van der Waals surface area contributed by atoms with Crippen LogP contribution < -0.4 is 5.73 Å². The van der Waals surface area contributed by atoms with Crippen molar-refractivity contribution in [2.45, 2.75) is 20.3 Å². The van der Waals surface area contributed by atoms with Gasteiger partial charge in [0, 0.05) is 29.6 Å². The minimum absolute atomic E-state index is 0. The van der Waals surface area contributed by atoms with E-state index in [0.29, 0.717) is 19.6 Å². The molecule has 0 aliphatic carbocycles. The molecular formula is C7H15NNaO2. The van der Waals surface area contributed by atoms with Crippen LogP contribution in [0.4, 0.5) is 0 Å². The van der Waals surface area contributed by atoms with Gasteiger partial charge >= 0.3 is 5.97 Å². The molecular weight excluding hydrogens is 153 g/mol. The normalized spacial score (nSPS) is 11.5. The molecule has 61 valence electrons. The summed E-state index contributed by atoms with van der Waals surface area (Å²) in [6, 6.07) is 0. The van der Waals surface area contributed by atoms with Crippen LogP contribution in [0.15, 0.2) is 0 Å². The molecule has 0 bridgehead atoms. The smallest absolute Gasteiger partial charge is 0.308 e. The van der Waals surface area contributed by atoms with Crippen molar-refractivity contribution in [3.8, 4) is 0 Å². The molecule has 2 N–H and O–H groups in total. The van der Waals surface area contributed by atoms with E-state index < -0.39 is 0 Å². The molecule has 11 heavy (non-hydrogen) atoms. The molecule has 0 unspecified atom stereocenters. The third-order valence-corrected chi connectivity index (χ3v) is 1.29. The summed E-state index contributed by atoms with van der Waals surface area (Å²) < 4.78 is 4.76. The Morgan fingerprint density at radius 1 is 1.64 bits per heavy atom. The van der Waals surface area contributed by atoms with Gasteiger partial charge in [-0.2, -0.15) is 0 Å². The standard InChI is InChI=1S/C7H15NO2.Na/c1-3-10-7(9)6(2)4-5-8;/h6H,3-5,8H2,1-2H3;/t6-;/m1./s1. The maximum absolute atomic E-state index is 10.9. The third kappa shape index (κ3) is 6.81. The molecule has 3 nitrogen and oxygen atoms in total. The zero-order valence-corrected chi connectivity index (χ0v) is 9.59. The van der Waals surface area contributed by atoms with E-state index in [0.717, 1.165) is 0 Å². The molecule has 1 atom stereocenters. The Labute approximate surface area is 90.0 Å². The van der Waals surface area contributed by atoms with Crippen LogP contribution in [0.1, 0.15) is 20.3 Å². The van der Waals surface area contributed by atoms with Crippen LogP contribution in [-0.4, -0.2) is 48.7 Å². The Morgan fingerprint density at radius 2 is 2.18 bits per heavy atom. The summed E-state index contributed by atoms with van der Waals surface area (Å²) in [6.45, 7) is 4.62. The van der Waals surface area contributed by atoms with E-state index in [-0.39, 0.29) is 41.4 Å². The van der Waals surface area contributed by atoms with Gasteiger partial charge in [-0.3, -0.25) is 4.79 Å². The van der Waals surface area contributed by atoms with Crippen LogP contribution in [0.3, 0.4) is 0 Å². The van der Waals surface area contributed by atoms with Crippen molar-refractivity contribution in [3.63, 3.8) is 0 Å². The maximum atomic E-state index is 10.9. The van der Waals surface area contributed by atoms with E-state index in [1.165, 1.54) is 0 Å². The molecule has 0 aliphatic rings. The van der Waals surface area contributed by atoms with E-state index in [1.807, 2.05) is 6.92 Å². The van der Waals surface area contributed by atoms with Crippen LogP contribution in [0.25, 0.3) is 0 Å². The van der Waals surface area contributed by atoms with Gasteiger partial charge in [-0.15, -0.1) is 0 Å². The van der Waals surface area contributed by atoms with Gasteiger partial charge in [0.1, 0.15) is 0 Å². The number of rotatable bonds is 4. The summed E-state index contributed by atoms with van der Waals surface area (Å²) in [5, 5.41) is 0. The molecule has 0 saturated heterocycles. The first-order chi connectivity index (χ1) is 4.72. The van der Waals surface area contributed by atoms with Crippen LogP contribution in [0.2, 0.25) is 0 Å². The van der Waals surface area contributed by atoms with E-state index in [1.54, 1.807) is 6.92 Å². The molecule has 0 aromatic heterocycles. The van der Waals surface area contributed by atoms with Crippen LogP contribution >= 0.6 is 0 Å². The number of hydrogen-bond acceptors (Lipinski definition) is 3. The quantitative estimate of drug-likeness (QED) is 0.480. The first-order valence-corrected chi connectivity index (χ1v) is 3.59. The third-order valence-electron chi connectivity index (χ3n) is 1.29. The second-order valence-corrected chi connectivity index (χ2v) is 2.23. The fourth-order valence-electron chi connectivity index (χ4n) is 0.652. The Morgan fingerprint density at radius 3 is 2.55 bits per heavy atom. The van der Waals surface area contributed by atoms with Crippen molar-refractivity contribution >= 4 is 35.5 Å². The summed E-state index contributed by atoms with van der Waals surface area (Å²) in [6.07, 6.45) is 0.707. The van der Waals surface area contributed by atoms with Gasteiger partial charge < -0.3 is 10.5 Å². The summed E-state index contributed by atoms with van der Waals surface area (Å²) in [7, 11) is 0. The van der Waals surface area contributed by atoms with Crippen LogP contribution in [-0.2, 0) is 9.53 Å². The first-order valence-electron chi connectivity index (χ1n) is 3.59. The molecule has 4 heteroatoms. The largest absolute Gasteiger partial charge is 0.466 e. The molecule has 0 amide bonds. The summed E-state index contributed by atoms with van der Waals surface area (Å²) in [5.41, 5.74) is 5.26. The van der Waals surface area contributed by atoms with Crippen molar-refractivity contribution in [2.75, 3.05) is 13.2 Å². The number of nitrogens with two attached hydrogens (primary N) is 1. The molecule has 0 heterocycles. The van der Waals surface area contributed by atoms with Crippen LogP contribution in [0, 0.1) is 5.92 Å². The van der Waals surface area contributed by atoms with Gasteiger partial charge in [0.15, 0.2) is 0 Å². The molecule has 0 aliphatic heterocycles. The van der Waals surface area contributed by atoms with Crippen molar-refractivity contribution in [3.05, 3.63) is 0 Å². The first kappa shape index (κ1) is 14.0. The zero-order chi connectivity index (χ0) is 7.98.